The first-order chi connectivity index (χ1) is 5.18. The normalized spacial score (nSPS) is 12.2. The zero-order valence-corrected chi connectivity index (χ0v) is 8.84. The van der Waals surface area contributed by atoms with E-state index in [2.05, 4.69) is 6.58 Å². The molecule has 1 atom stereocenters. The van der Waals surface area contributed by atoms with Crippen molar-refractivity contribution in [3.8, 4) is 0 Å². The van der Waals surface area contributed by atoms with Crippen LogP contribution in [0.4, 0.5) is 0 Å². The molecule has 0 saturated heterocycles. The summed E-state index contributed by atoms with van der Waals surface area (Å²) in [6.45, 7) is 5.90. The second-order valence-electron chi connectivity index (χ2n) is 2.21. The molecule has 0 rings (SSSR count). The van der Waals surface area contributed by atoms with Gasteiger partial charge in [-0.3, -0.25) is 4.79 Å². The standard InChI is InChI=1S/C8H13IO2/c1-3-4-5-6-11-8(10)7(2)9/h3,7H,1,4-6H2,2H3. The van der Waals surface area contributed by atoms with E-state index < -0.39 is 0 Å². The van der Waals surface area contributed by atoms with Crippen molar-refractivity contribution in [1.82, 2.24) is 0 Å². The third kappa shape index (κ3) is 6.34. The summed E-state index contributed by atoms with van der Waals surface area (Å²) < 4.78 is 4.87. The molecule has 0 heterocycles. The molecule has 0 amide bonds. The van der Waals surface area contributed by atoms with E-state index in [1.807, 2.05) is 35.6 Å². The number of carbonyl (C=O) groups excluding carboxylic acids is 1. The summed E-state index contributed by atoms with van der Waals surface area (Å²) in [5.74, 6) is -0.130. The summed E-state index contributed by atoms with van der Waals surface area (Å²) in [7, 11) is 0. The van der Waals surface area contributed by atoms with Crippen molar-refractivity contribution in [2.45, 2.75) is 23.7 Å². The van der Waals surface area contributed by atoms with Crippen molar-refractivity contribution >= 4 is 28.6 Å². The Morgan fingerprint density at radius 3 is 2.91 bits per heavy atom. The van der Waals surface area contributed by atoms with E-state index in [9.17, 15) is 4.79 Å². The predicted octanol–water partition coefficient (Wildman–Crippen LogP) is 2.32. The van der Waals surface area contributed by atoms with Gasteiger partial charge >= 0.3 is 5.97 Å². The molecule has 0 spiro atoms. The number of rotatable bonds is 5. The van der Waals surface area contributed by atoms with Crippen LogP contribution in [0.1, 0.15) is 19.8 Å². The fourth-order valence-electron chi connectivity index (χ4n) is 0.515. The molecule has 64 valence electrons. The molecule has 2 nitrogen and oxygen atoms in total. The Labute approximate surface area is 81.1 Å². The molecule has 0 aromatic heterocycles. The summed E-state index contributed by atoms with van der Waals surface area (Å²) in [6.07, 6.45) is 3.60. The van der Waals surface area contributed by atoms with Crippen LogP contribution in [0.25, 0.3) is 0 Å². The van der Waals surface area contributed by atoms with E-state index in [0.29, 0.717) is 6.61 Å². The smallest absolute Gasteiger partial charge is 0.318 e. The lowest BCUT2D eigenvalue weighted by Crippen LogP contribution is -2.14. The molecule has 0 aromatic rings. The molecule has 0 aliphatic carbocycles. The van der Waals surface area contributed by atoms with Crippen LogP contribution in [0, 0.1) is 0 Å². The SMILES string of the molecule is C=CCCCOC(=O)C(C)I. The highest BCUT2D eigenvalue weighted by Crippen LogP contribution is 2.01. The molecule has 0 bridgehead atoms. The van der Waals surface area contributed by atoms with Crippen molar-refractivity contribution < 1.29 is 9.53 Å². The summed E-state index contributed by atoms with van der Waals surface area (Å²) in [4.78, 5) is 10.9. The number of carbonyl (C=O) groups is 1. The minimum Gasteiger partial charge on any atom is -0.465 e. The quantitative estimate of drug-likeness (QED) is 0.251. The van der Waals surface area contributed by atoms with Gasteiger partial charge in [0.25, 0.3) is 0 Å². The fourth-order valence-corrected chi connectivity index (χ4v) is 0.695. The summed E-state index contributed by atoms with van der Waals surface area (Å²) >= 11 is 2.03. The maximum Gasteiger partial charge on any atom is 0.318 e. The number of unbranched alkanes of at least 4 members (excludes halogenated alkanes) is 1. The van der Waals surface area contributed by atoms with Crippen molar-refractivity contribution in [1.29, 1.82) is 0 Å². The van der Waals surface area contributed by atoms with Gasteiger partial charge in [0.1, 0.15) is 3.92 Å². The van der Waals surface area contributed by atoms with E-state index in [-0.39, 0.29) is 9.89 Å². The second kappa shape index (κ2) is 6.64. The molecule has 3 heteroatoms. The van der Waals surface area contributed by atoms with E-state index in [1.54, 1.807) is 0 Å². The van der Waals surface area contributed by atoms with Crippen molar-refractivity contribution in [3.05, 3.63) is 12.7 Å². The average Bonchev–Trinajstić information content (AvgIpc) is 1.97. The summed E-state index contributed by atoms with van der Waals surface area (Å²) in [6, 6.07) is 0. The van der Waals surface area contributed by atoms with Gasteiger partial charge < -0.3 is 4.74 Å². The third-order valence-electron chi connectivity index (χ3n) is 1.12. The summed E-state index contributed by atoms with van der Waals surface area (Å²) in [5, 5.41) is 0. The molecule has 11 heavy (non-hydrogen) atoms. The molecule has 0 saturated carbocycles. The second-order valence-corrected chi connectivity index (χ2v) is 4.08. The molecule has 0 fully saturated rings. The highest BCUT2D eigenvalue weighted by molar-refractivity contribution is 14.1. The number of halogens is 1. The first-order valence-electron chi connectivity index (χ1n) is 3.60. The highest BCUT2D eigenvalue weighted by Gasteiger charge is 2.08. The van der Waals surface area contributed by atoms with E-state index in [4.69, 9.17) is 4.74 Å². The Bertz CT molecular complexity index is 132. The van der Waals surface area contributed by atoms with Gasteiger partial charge in [0.15, 0.2) is 0 Å². The van der Waals surface area contributed by atoms with Gasteiger partial charge in [-0.05, 0) is 19.8 Å². The van der Waals surface area contributed by atoms with Crippen molar-refractivity contribution in [3.63, 3.8) is 0 Å². The Balaban J connectivity index is 3.24. The van der Waals surface area contributed by atoms with Crippen LogP contribution in [-0.4, -0.2) is 16.5 Å². The molecule has 0 radical (unpaired) electrons. The number of alkyl halides is 1. The van der Waals surface area contributed by atoms with Crippen LogP contribution in [0.15, 0.2) is 12.7 Å². The lowest BCUT2D eigenvalue weighted by molar-refractivity contribution is -0.142. The predicted molar refractivity (Wildman–Crippen MR) is 53.9 cm³/mol. The third-order valence-corrected chi connectivity index (χ3v) is 1.63. The zero-order valence-electron chi connectivity index (χ0n) is 6.68. The van der Waals surface area contributed by atoms with Gasteiger partial charge in [0.05, 0.1) is 6.61 Å². The topological polar surface area (TPSA) is 26.3 Å². The van der Waals surface area contributed by atoms with Crippen LogP contribution in [0.2, 0.25) is 0 Å². The van der Waals surface area contributed by atoms with Gasteiger partial charge in [0, 0.05) is 0 Å². The molecule has 0 aromatic carbocycles. The van der Waals surface area contributed by atoms with Crippen LogP contribution < -0.4 is 0 Å². The maximum absolute atomic E-state index is 10.9. The monoisotopic (exact) mass is 268 g/mol. The lowest BCUT2D eigenvalue weighted by Gasteiger charge is -2.04. The number of ether oxygens (including phenoxy) is 1. The number of hydrogen-bond acceptors (Lipinski definition) is 2. The van der Waals surface area contributed by atoms with Crippen LogP contribution in [0.5, 0.6) is 0 Å². The van der Waals surface area contributed by atoms with Crippen LogP contribution >= 0.6 is 22.6 Å². The van der Waals surface area contributed by atoms with Gasteiger partial charge in [-0.1, -0.05) is 28.7 Å². The number of hydrogen-bond donors (Lipinski definition) is 0. The first kappa shape index (κ1) is 10.9. The van der Waals surface area contributed by atoms with Gasteiger partial charge in [0.2, 0.25) is 0 Å². The molecule has 0 N–H and O–H groups in total. The van der Waals surface area contributed by atoms with E-state index in [0.717, 1.165) is 12.8 Å². The minimum atomic E-state index is -0.130. The van der Waals surface area contributed by atoms with Gasteiger partial charge in [-0.15, -0.1) is 6.58 Å². The molecular formula is C8H13IO2. The molecule has 0 aliphatic rings. The Hall–Kier alpha value is -0.0600. The van der Waals surface area contributed by atoms with Crippen LogP contribution in [-0.2, 0) is 9.53 Å². The Morgan fingerprint density at radius 2 is 2.45 bits per heavy atom. The minimum absolute atomic E-state index is 0.0451. The lowest BCUT2D eigenvalue weighted by atomic mass is 10.3. The Kier molecular flexibility index (Phi) is 6.60. The molecule has 1 unspecified atom stereocenters. The average molecular weight is 268 g/mol. The number of allylic oxidation sites excluding steroid dienone is 1. The van der Waals surface area contributed by atoms with Gasteiger partial charge in [-0.2, -0.15) is 0 Å². The van der Waals surface area contributed by atoms with Crippen molar-refractivity contribution in [2.75, 3.05) is 6.61 Å². The first-order valence-corrected chi connectivity index (χ1v) is 4.84. The molecular weight excluding hydrogens is 255 g/mol. The van der Waals surface area contributed by atoms with E-state index in [1.165, 1.54) is 0 Å². The maximum atomic E-state index is 10.9. The highest BCUT2D eigenvalue weighted by atomic mass is 127. The van der Waals surface area contributed by atoms with Crippen LogP contribution in [0.3, 0.4) is 0 Å². The van der Waals surface area contributed by atoms with Crippen molar-refractivity contribution in [2.24, 2.45) is 0 Å². The Morgan fingerprint density at radius 1 is 1.82 bits per heavy atom. The summed E-state index contributed by atoms with van der Waals surface area (Å²) in [5.41, 5.74) is 0. The largest absolute Gasteiger partial charge is 0.465 e. The fraction of sp³-hybridized carbons (Fsp3) is 0.625. The molecule has 0 aliphatic heterocycles. The van der Waals surface area contributed by atoms with Gasteiger partial charge in [-0.25, -0.2) is 0 Å². The zero-order chi connectivity index (χ0) is 8.69. The van der Waals surface area contributed by atoms with E-state index >= 15 is 0 Å². The number of esters is 1.